The van der Waals surface area contributed by atoms with E-state index in [9.17, 15) is 30.7 Å². The van der Waals surface area contributed by atoms with Crippen LogP contribution in [0.4, 0.5) is 30.7 Å². The molecule has 1 atom stereocenters. The van der Waals surface area contributed by atoms with Crippen molar-refractivity contribution in [1.29, 1.82) is 0 Å². The molecule has 144 valence electrons. The van der Waals surface area contributed by atoms with E-state index in [1.54, 1.807) is 0 Å². The first-order valence-corrected chi connectivity index (χ1v) is 6.61. The lowest BCUT2D eigenvalue weighted by Gasteiger charge is -2.16. The van der Waals surface area contributed by atoms with Crippen LogP contribution in [-0.2, 0) is 0 Å². The predicted octanol–water partition coefficient (Wildman–Crippen LogP) is 5.09. The molecule has 0 saturated heterocycles. The fourth-order valence-electron chi connectivity index (χ4n) is 1.99. The second-order valence-electron chi connectivity index (χ2n) is 4.83. The normalized spacial score (nSPS) is 12.9. The van der Waals surface area contributed by atoms with Gasteiger partial charge in [-0.1, -0.05) is 18.2 Å². The molecule has 0 heterocycles. The van der Waals surface area contributed by atoms with Gasteiger partial charge in [0, 0.05) is 0 Å². The molecule has 0 unspecified atom stereocenters. The Morgan fingerprint density at radius 2 is 1.27 bits per heavy atom. The summed E-state index contributed by atoms with van der Waals surface area (Å²) in [5.41, 5.74) is 6.26. The zero-order valence-electron chi connectivity index (χ0n) is 12.6. The molecule has 2 N–H and O–H groups in total. The molecule has 2 rings (SSSR count). The van der Waals surface area contributed by atoms with Crippen LogP contribution in [0.5, 0.6) is 11.5 Å². The van der Waals surface area contributed by atoms with Gasteiger partial charge in [0.2, 0.25) is 0 Å². The number of hydrogen-bond donors (Lipinski definition) is 1. The van der Waals surface area contributed by atoms with Gasteiger partial charge in [0.25, 0.3) is 0 Å². The molecular formula is C15H11ClF7NO2. The standard InChI is InChI=1S/C15H10F7NO2.ClH/c16-11-7-9(3-6-12(11)25-15(20,21)22)13(23)8-1-4-10(5-2-8)24-14(17,18)19;/h1-7,13H,23H2;1H/t13-;/m1./s1. The molecule has 2 aromatic carbocycles. The van der Waals surface area contributed by atoms with Gasteiger partial charge in [0.15, 0.2) is 11.6 Å². The summed E-state index contributed by atoms with van der Waals surface area (Å²) < 4.78 is 93.4. The molecule has 0 fully saturated rings. The van der Waals surface area contributed by atoms with Gasteiger partial charge in [-0.05, 0) is 35.4 Å². The number of rotatable bonds is 4. The fraction of sp³-hybridized carbons (Fsp3) is 0.200. The molecule has 2 aromatic rings. The molecular weight excluding hydrogens is 395 g/mol. The van der Waals surface area contributed by atoms with Gasteiger partial charge < -0.3 is 15.2 Å². The monoisotopic (exact) mass is 405 g/mol. The molecule has 0 aromatic heterocycles. The van der Waals surface area contributed by atoms with Crippen molar-refractivity contribution in [3.63, 3.8) is 0 Å². The number of alkyl halides is 6. The zero-order valence-corrected chi connectivity index (χ0v) is 13.4. The lowest BCUT2D eigenvalue weighted by molar-refractivity contribution is -0.276. The highest BCUT2D eigenvalue weighted by Crippen LogP contribution is 2.30. The third kappa shape index (κ3) is 6.26. The first kappa shape index (κ1) is 21.8. The second-order valence-corrected chi connectivity index (χ2v) is 4.83. The summed E-state index contributed by atoms with van der Waals surface area (Å²) in [7, 11) is 0. The van der Waals surface area contributed by atoms with Gasteiger partial charge in [0.1, 0.15) is 5.75 Å². The van der Waals surface area contributed by atoms with E-state index in [0.29, 0.717) is 5.56 Å². The maximum atomic E-state index is 13.7. The summed E-state index contributed by atoms with van der Waals surface area (Å²) in [5.74, 6) is -2.76. The molecule has 0 aliphatic carbocycles. The van der Waals surface area contributed by atoms with Gasteiger partial charge in [-0.3, -0.25) is 0 Å². The van der Waals surface area contributed by atoms with E-state index in [2.05, 4.69) is 9.47 Å². The van der Waals surface area contributed by atoms with Crippen molar-refractivity contribution >= 4 is 12.4 Å². The molecule has 0 radical (unpaired) electrons. The number of benzene rings is 2. The number of hydrogen-bond acceptors (Lipinski definition) is 3. The van der Waals surface area contributed by atoms with Crippen molar-refractivity contribution < 1.29 is 40.2 Å². The quantitative estimate of drug-likeness (QED) is 0.720. The number of ether oxygens (including phenoxy) is 2. The first-order valence-electron chi connectivity index (χ1n) is 6.61. The molecule has 0 spiro atoms. The van der Waals surface area contributed by atoms with Crippen LogP contribution >= 0.6 is 12.4 Å². The third-order valence-electron chi connectivity index (χ3n) is 3.01. The highest BCUT2D eigenvalue weighted by atomic mass is 35.5. The SMILES string of the molecule is Cl.N[C@H](c1ccc(OC(F)(F)F)cc1)c1ccc(OC(F)(F)F)c(F)c1. The van der Waals surface area contributed by atoms with E-state index in [-0.39, 0.29) is 18.0 Å². The van der Waals surface area contributed by atoms with Crippen LogP contribution in [0.3, 0.4) is 0 Å². The van der Waals surface area contributed by atoms with E-state index >= 15 is 0 Å². The van der Waals surface area contributed by atoms with Crippen molar-refractivity contribution in [2.45, 2.75) is 18.8 Å². The molecule has 26 heavy (non-hydrogen) atoms. The molecule has 3 nitrogen and oxygen atoms in total. The molecule has 11 heteroatoms. The molecule has 0 bridgehead atoms. The van der Waals surface area contributed by atoms with E-state index in [1.807, 2.05) is 0 Å². The highest BCUT2D eigenvalue weighted by Gasteiger charge is 2.33. The summed E-state index contributed by atoms with van der Waals surface area (Å²) in [5, 5.41) is 0. The highest BCUT2D eigenvalue weighted by molar-refractivity contribution is 5.85. The molecule has 0 aliphatic heterocycles. The lowest BCUT2D eigenvalue weighted by atomic mass is 9.99. The molecule has 0 amide bonds. The van der Waals surface area contributed by atoms with Gasteiger partial charge in [-0.25, -0.2) is 4.39 Å². The Morgan fingerprint density at radius 1 is 0.769 bits per heavy atom. The Bertz CT molecular complexity index is 732. The minimum atomic E-state index is -5.04. The maximum Gasteiger partial charge on any atom is 0.573 e. The van der Waals surface area contributed by atoms with E-state index < -0.39 is 36.1 Å². The first-order chi connectivity index (χ1) is 11.4. The van der Waals surface area contributed by atoms with Gasteiger partial charge in [0.05, 0.1) is 6.04 Å². The Morgan fingerprint density at radius 3 is 1.73 bits per heavy atom. The summed E-state index contributed by atoms with van der Waals surface area (Å²) in [6, 6.07) is 6.14. The van der Waals surface area contributed by atoms with Crippen LogP contribution in [-0.4, -0.2) is 12.7 Å². The fourth-order valence-corrected chi connectivity index (χ4v) is 1.99. The van der Waals surface area contributed by atoms with Gasteiger partial charge in [-0.2, -0.15) is 0 Å². The number of halogens is 8. The molecule has 0 aliphatic rings. The topological polar surface area (TPSA) is 44.5 Å². The van der Waals surface area contributed by atoms with E-state index in [1.165, 1.54) is 12.1 Å². The maximum absolute atomic E-state index is 13.7. The summed E-state index contributed by atoms with van der Waals surface area (Å²) >= 11 is 0. The van der Waals surface area contributed by atoms with Crippen molar-refractivity contribution in [3.05, 3.63) is 59.4 Å². The van der Waals surface area contributed by atoms with Gasteiger partial charge >= 0.3 is 12.7 Å². The van der Waals surface area contributed by atoms with Crippen molar-refractivity contribution in [2.24, 2.45) is 5.73 Å². The lowest BCUT2D eigenvalue weighted by Crippen LogP contribution is -2.18. The summed E-state index contributed by atoms with van der Waals surface area (Å²) in [4.78, 5) is 0. The third-order valence-corrected chi connectivity index (χ3v) is 3.01. The Hall–Kier alpha value is -2.20. The minimum Gasteiger partial charge on any atom is -0.406 e. The van der Waals surface area contributed by atoms with Crippen LogP contribution in [0, 0.1) is 5.82 Å². The van der Waals surface area contributed by atoms with Crippen LogP contribution in [0.1, 0.15) is 17.2 Å². The van der Waals surface area contributed by atoms with Crippen molar-refractivity contribution in [1.82, 2.24) is 0 Å². The largest absolute Gasteiger partial charge is 0.573 e. The Labute approximate surface area is 148 Å². The van der Waals surface area contributed by atoms with Gasteiger partial charge in [-0.15, -0.1) is 38.7 Å². The Balaban J connectivity index is 0.00000338. The minimum absolute atomic E-state index is 0. The van der Waals surface area contributed by atoms with Crippen LogP contribution in [0.25, 0.3) is 0 Å². The average Bonchev–Trinajstić information content (AvgIpc) is 2.46. The smallest absolute Gasteiger partial charge is 0.406 e. The summed E-state index contributed by atoms with van der Waals surface area (Å²) in [6.45, 7) is 0. The summed E-state index contributed by atoms with van der Waals surface area (Å²) in [6.07, 6.45) is -9.89. The zero-order chi connectivity index (χ0) is 18.8. The predicted molar refractivity (Wildman–Crippen MR) is 79.5 cm³/mol. The second kappa shape index (κ2) is 8.00. The van der Waals surface area contributed by atoms with Crippen molar-refractivity contribution in [3.8, 4) is 11.5 Å². The number of nitrogens with two attached hydrogens (primary N) is 1. The van der Waals surface area contributed by atoms with Crippen LogP contribution in [0.2, 0.25) is 0 Å². The average molecular weight is 406 g/mol. The van der Waals surface area contributed by atoms with E-state index in [4.69, 9.17) is 5.73 Å². The van der Waals surface area contributed by atoms with Crippen molar-refractivity contribution in [2.75, 3.05) is 0 Å². The van der Waals surface area contributed by atoms with E-state index in [0.717, 1.165) is 30.3 Å². The molecule has 0 saturated carbocycles. The van der Waals surface area contributed by atoms with Crippen LogP contribution in [0.15, 0.2) is 42.5 Å². The van der Waals surface area contributed by atoms with Crippen LogP contribution < -0.4 is 15.2 Å². The Kier molecular flexibility index (Phi) is 6.72.